The van der Waals surface area contributed by atoms with Gasteiger partial charge in [-0.1, -0.05) is 36.4 Å². The highest BCUT2D eigenvalue weighted by Crippen LogP contribution is 2.22. The number of aromatic nitrogens is 2. The van der Waals surface area contributed by atoms with Crippen LogP contribution in [0.4, 0.5) is 4.79 Å². The fraction of sp³-hybridized carbons (Fsp3) is 0.261. The molecular formula is C23H24N4O3. The molecule has 4 rings (SSSR count). The van der Waals surface area contributed by atoms with Crippen LogP contribution in [0.2, 0.25) is 0 Å². The molecule has 1 aliphatic heterocycles. The zero-order valence-electron chi connectivity index (χ0n) is 16.8. The maximum absolute atomic E-state index is 12.8. The van der Waals surface area contributed by atoms with Gasteiger partial charge in [0, 0.05) is 30.3 Å². The maximum Gasteiger partial charge on any atom is 0.409 e. The molecule has 154 valence electrons. The minimum atomic E-state index is -0.319. The number of benzene rings is 2. The van der Waals surface area contributed by atoms with Crippen LogP contribution < -0.4 is 5.32 Å². The Morgan fingerprint density at radius 1 is 1.03 bits per heavy atom. The van der Waals surface area contributed by atoms with Crippen LogP contribution in [0.5, 0.6) is 0 Å². The molecule has 1 aromatic heterocycles. The van der Waals surface area contributed by atoms with Gasteiger partial charge < -0.3 is 15.0 Å². The van der Waals surface area contributed by atoms with Crippen molar-refractivity contribution in [3.63, 3.8) is 0 Å². The molecule has 1 saturated heterocycles. The van der Waals surface area contributed by atoms with Gasteiger partial charge in [-0.2, -0.15) is 5.10 Å². The third-order valence-electron chi connectivity index (χ3n) is 5.33. The molecule has 3 aromatic rings. The summed E-state index contributed by atoms with van der Waals surface area (Å²) in [7, 11) is 1.38. The molecule has 0 aliphatic carbocycles. The Kier molecular flexibility index (Phi) is 5.79. The summed E-state index contributed by atoms with van der Waals surface area (Å²) in [6.45, 7) is 1.15. The number of methoxy groups -OCH3 is 1. The molecule has 2 aromatic carbocycles. The van der Waals surface area contributed by atoms with E-state index in [1.54, 1.807) is 17.2 Å². The maximum atomic E-state index is 12.8. The molecule has 7 heteroatoms. The molecule has 0 atom stereocenters. The van der Waals surface area contributed by atoms with Crippen LogP contribution in [0.3, 0.4) is 0 Å². The van der Waals surface area contributed by atoms with Crippen LogP contribution in [0.15, 0.2) is 66.9 Å². The molecule has 0 spiro atoms. The van der Waals surface area contributed by atoms with Crippen LogP contribution in [-0.2, 0) is 4.74 Å². The number of carbonyl (C=O) groups excluding carboxylic acids is 2. The zero-order chi connectivity index (χ0) is 20.9. The molecule has 2 heterocycles. The van der Waals surface area contributed by atoms with Crippen molar-refractivity contribution in [1.82, 2.24) is 20.0 Å². The molecule has 1 aliphatic rings. The lowest BCUT2D eigenvalue weighted by molar-refractivity contribution is 0.0892. The van der Waals surface area contributed by atoms with E-state index < -0.39 is 0 Å². The summed E-state index contributed by atoms with van der Waals surface area (Å²) in [5.41, 5.74) is 3.43. The first-order valence-electron chi connectivity index (χ1n) is 9.99. The topological polar surface area (TPSA) is 76.5 Å². The van der Waals surface area contributed by atoms with Crippen LogP contribution in [0, 0.1) is 0 Å². The molecule has 1 fully saturated rings. The molecule has 0 radical (unpaired) electrons. The summed E-state index contributed by atoms with van der Waals surface area (Å²) in [6.07, 6.45) is 2.85. The Balaban J connectivity index is 1.47. The van der Waals surface area contributed by atoms with E-state index in [-0.39, 0.29) is 18.0 Å². The summed E-state index contributed by atoms with van der Waals surface area (Å²) in [5, 5.41) is 7.53. The number of likely N-dealkylation sites (tertiary alicyclic amines) is 1. The SMILES string of the molecule is COC(=O)N1CCC(NC(=O)c2cccc(-n3nccc3-c3ccccc3)c2)CC1. The normalized spacial score (nSPS) is 14.4. The van der Waals surface area contributed by atoms with E-state index in [0.29, 0.717) is 31.5 Å². The Morgan fingerprint density at radius 3 is 2.53 bits per heavy atom. The van der Waals surface area contributed by atoms with Crippen LogP contribution >= 0.6 is 0 Å². The Hall–Kier alpha value is -3.61. The number of nitrogens with one attached hydrogen (secondary N) is 1. The predicted octanol–water partition coefficient (Wildman–Crippen LogP) is 3.50. The average molecular weight is 404 g/mol. The Labute approximate surface area is 175 Å². The highest BCUT2D eigenvalue weighted by atomic mass is 16.5. The number of piperidine rings is 1. The zero-order valence-corrected chi connectivity index (χ0v) is 16.8. The molecular weight excluding hydrogens is 380 g/mol. The van der Waals surface area contributed by atoms with Crippen LogP contribution in [0.1, 0.15) is 23.2 Å². The van der Waals surface area contributed by atoms with E-state index in [9.17, 15) is 9.59 Å². The highest BCUT2D eigenvalue weighted by molar-refractivity contribution is 5.95. The van der Waals surface area contributed by atoms with Gasteiger partial charge in [0.05, 0.1) is 24.7 Å². The number of hydrogen-bond donors (Lipinski definition) is 1. The number of ether oxygens (including phenoxy) is 1. The molecule has 0 saturated carbocycles. The van der Waals surface area contributed by atoms with Gasteiger partial charge >= 0.3 is 6.09 Å². The van der Waals surface area contributed by atoms with Crippen molar-refractivity contribution in [2.24, 2.45) is 0 Å². The summed E-state index contributed by atoms with van der Waals surface area (Å²) in [4.78, 5) is 26.1. The van der Waals surface area contributed by atoms with Crippen molar-refractivity contribution in [2.45, 2.75) is 18.9 Å². The van der Waals surface area contributed by atoms with Crippen molar-refractivity contribution in [3.05, 3.63) is 72.4 Å². The van der Waals surface area contributed by atoms with Gasteiger partial charge in [0.25, 0.3) is 5.91 Å². The molecule has 7 nitrogen and oxygen atoms in total. The summed E-state index contributed by atoms with van der Waals surface area (Å²) >= 11 is 0. The Bertz CT molecular complexity index is 1020. The molecule has 1 N–H and O–H groups in total. The van der Waals surface area contributed by atoms with E-state index in [1.807, 2.05) is 59.3 Å². The van der Waals surface area contributed by atoms with E-state index in [2.05, 4.69) is 10.4 Å². The van der Waals surface area contributed by atoms with Crippen molar-refractivity contribution >= 4 is 12.0 Å². The van der Waals surface area contributed by atoms with Gasteiger partial charge in [0.1, 0.15) is 0 Å². The second-order valence-electron chi connectivity index (χ2n) is 7.25. The second kappa shape index (κ2) is 8.82. The molecule has 0 bridgehead atoms. The number of amides is 2. The molecule has 30 heavy (non-hydrogen) atoms. The molecule has 2 amide bonds. The first kappa shape index (κ1) is 19.7. The van der Waals surface area contributed by atoms with Crippen molar-refractivity contribution in [2.75, 3.05) is 20.2 Å². The largest absolute Gasteiger partial charge is 0.453 e. The van der Waals surface area contributed by atoms with Gasteiger partial charge in [0.2, 0.25) is 0 Å². The lowest BCUT2D eigenvalue weighted by atomic mass is 10.0. The summed E-state index contributed by atoms with van der Waals surface area (Å²) in [5.74, 6) is -0.123. The predicted molar refractivity (Wildman–Crippen MR) is 113 cm³/mol. The molecule has 0 unspecified atom stereocenters. The standard InChI is InChI=1S/C23H24N4O3/c1-30-23(29)26-14-11-19(12-15-26)25-22(28)18-8-5-9-20(16-18)27-21(10-13-24-27)17-6-3-2-4-7-17/h2-10,13,16,19H,11-12,14-15H2,1H3,(H,25,28). The number of carbonyl (C=O) groups is 2. The number of nitrogens with zero attached hydrogens (tertiary/aromatic N) is 3. The summed E-state index contributed by atoms with van der Waals surface area (Å²) < 4.78 is 6.59. The van der Waals surface area contributed by atoms with E-state index >= 15 is 0 Å². The lowest BCUT2D eigenvalue weighted by Crippen LogP contribution is -2.46. The van der Waals surface area contributed by atoms with Gasteiger partial charge in [-0.25, -0.2) is 9.48 Å². The van der Waals surface area contributed by atoms with Gasteiger partial charge in [-0.3, -0.25) is 4.79 Å². The third kappa shape index (κ3) is 4.20. The second-order valence-corrected chi connectivity index (χ2v) is 7.25. The van der Waals surface area contributed by atoms with Crippen LogP contribution in [0.25, 0.3) is 16.9 Å². The van der Waals surface area contributed by atoms with Gasteiger partial charge in [-0.15, -0.1) is 0 Å². The van der Waals surface area contributed by atoms with Crippen molar-refractivity contribution in [3.8, 4) is 16.9 Å². The minimum Gasteiger partial charge on any atom is -0.453 e. The van der Waals surface area contributed by atoms with E-state index in [4.69, 9.17) is 4.74 Å². The first-order chi connectivity index (χ1) is 14.7. The van der Waals surface area contributed by atoms with Crippen LogP contribution in [-0.4, -0.2) is 52.9 Å². The average Bonchev–Trinajstić information content (AvgIpc) is 3.30. The number of rotatable bonds is 4. The first-order valence-corrected chi connectivity index (χ1v) is 9.99. The monoisotopic (exact) mass is 404 g/mol. The minimum absolute atomic E-state index is 0.0339. The summed E-state index contributed by atoms with van der Waals surface area (Å²) in [6, 6.07) is 19.5. The number of hydrogen-bond acceptors (Lipinski definition) is 4. The fourth-order valence-electron chi connectivity index (χ4n) is 3.72. The van der Waals surface area contributed by atoms with Gasteiger partial charge in [-0.05, 0) is 37.1 Å². The highest BCUT2D eigenvalue weighted by Gasteiger charge is 2.24. The Morgan fingerprint density at radius 2 is 1.80 bits per heavy atom. The van der Waals surface area contributed by atoms with Gasteiger partial charge in [0.15, 0.2) is 0 Å². The lowest BCUT2D eigenvalue weighted by Gasteiger charge is -2.31. The van der Waals surface area contributed by atoms with E-state index in [0.717, 1.165) is 16.9 Å². The quantitative estimate of drug-likeness (QED) is 0.722. The van der Waals surface area contributed by atoms with Crippen molar-refractivity contribution < 1.29 is 14.3 Å². The van der Waals surface area contributed by atoms with E-state index in [1.165, 1.54) is 7.11 Å². The smallest absolute Gasteiger partial charge is 0.409 e. The van der Waals surface area contributed by atoms with Crippen molar-refractivity contribution in [1.29, 1.82) is 0 Å². The third-order valence-corrected chi connectivity index (χ3v) is 5.33. The fourth-order valence-corrected chi connectivity index (χ4v) is 3.72.